The lowest BCUT2D eigenvalue weighted by Crippen LogP contribution is -2.48. The zero-order chi connectivity index (χ0) is 41.1. The summed E-state index contributed by atoms with van der Waals surface area (Å²) < 4.78 is 0. The highest BCUT2D eigenvalue weighted by Crippen LogP contribution is 2.51. The molecule has 1 unspecified atom stereocenters. The van der Waals surface area contributed by atoms with Crippen LogP contribution in [-0.2, 0) is 14.4 Å². The minimum absolute atomic E-state index is 0.0490. The lowest BCUT2D eigenvalue weighted by molar-refractivity contribution is -0.125. The molecule has 1 aromatic rings. The van der Waals surface area contributed by atoms with Crippen LogP contribution in [0.5, 0.6) is 0 Å². The Bertz CT molecular complexity index is 1830. The summed E-state index contributed by atoms with van der Waals surface area (Å²) in [6.45, 7) is 14.9. The lowest BCUT2D eigenvalue weighted by atomic mass is 9.60. The maximum atomic E-state index is 13.4. The van der Waals surface area contributed by atoms with E-state index >= 15 is 0 Å². The molecular weight excluding hydrogens is 723 g/mol. The van der Waals surface area contributed by atoms with Crippen LogP contribution in [0.15, 0.2) is 53.4 Å². The molecule has 57 heavy (non-hydrogen) atoms. The number of likely N-dealkylation sites (tertiary alicyclic amines) is 1. The molecule has 0 aromatic heterocycles. The summed E-state index contributed by atoms with van der Waals surface area (Å²) in [4.78, 5) is 66.3. The third-order valence-corrected chi connectivity index (χ3v) is 13.4. The van der Waals surface area contributed by atoms with Crippen molar-refractivity contribution in [2.75, 3.05) is 37.6 Å². The summed E-state index contributed by atoms with van der Waals surface area (Å²) in [6, 6.07) is 5.43. The molecule has 5 amide bonds. The first-order valence-electron chi connectivity index (χ1n) is 20.7. The third kappa shape index (κ3) is 9.41. The molecule has 1 aromatic carbocycles. The molecule has 0 radical (unpaired) electrons. The van der Waals surface area contributed by atoms with Gasteiger partial charge in [0, 0.05) is 80.0 Å². The van der Waals surface area contributed by atoms with E-state index in [1.807, 2.05) is 18.3 Å². The first-order chi connectivity index (χ1) is 27.0. The van der Waals surface area contributed by atoms with Crippen molar-refractivity contribution in [3.63, 3.8) is 0 Å². The van der Waals surface area contributed by atoms with Gasteiger partial charge in [-0.15, -0.1) is 0 Å². The smallest absolute Gasteiger partial charge is 0.261 e. The summed E-state index contributed by atoms with van der Waals surface area (Å²) in [5, 5.41) is 27.3. The maximum Gasteiger partial charge on any atom is 0.261 e. The van der Waals surface area contributed by atoms with Crippen molar-refractivity contribution in [1.29, 1.82) is 5.41 Å². The zero-order valence-corrected chi connectivity index (χ0v) is 34.3. The fourth-order valence-corrected chi connectivity index (χ4v) is 9.80. The zero-order valence-electron chi connectivity index (χ0n) is 34.3. The fourth-order valence-electron chi connectivity index (χ4n) is 9.80. The van der Waals surface area contributed by atoms with Crippen LogP contribution in [0.2, 0.25) is 0 Å². The number of nitrogens with zero attached hydrogens (tertiary/aromatic N) is 3. The van der Waals surface area contributed by atoms with Crippen molar-refractivity contribution in [2.45, 2.75) is 117 Å². The Labute approximate surface area is 336 Å². The topological polar surface area (TPSA) is 175 Å². The van der Waals surface area contributed by atoms with Crippen LogP contribution in [0.3, 0.4) is 0 Å². The Balaban J connectivity index is 0.951. The molecule has 3 heterocycles. The van der Waals surface area contributed by atoms with E-state index in [1.165, 1.54) is 30.6 Å². The van der Waals surface area contributed by atoms with Crippen LogP contribution in [0.25, 0.3) is 0 Å². The molecule has 2 saturated heterocycles. The van der Waals surface area contributed by atoms with E-state index < -0.39 is 17.6 Å². The Hall–Kier alpha value is -4.62. The molecule has 3 aliphatic heterocycles. The first-order valence-corrected chi connectivity index (χ1v) is 20.7. The Morgan fingerprint density at radius 3 is 2.25 bits per heavy atom. The number of piperidine rings is 2. The third-order valence-electron chi connectivity index (χ3n) is 13.4. The number of benzene rings is 1. The van der Waals surface area contributed by atoms with Crippen molar-refractivity contribution >= 4 is 41.9 Å². The second-order valence-corrected chi connectivity index (χ2v) is 18.2. The van der Waals surface area contributed by atoms with E-state index in [0.29, 0.717) is 63.9 Å². The number of hydrogen-bond acceptors (Lipinski definition) is 10. The molecule has 6 rings (SSSR count). The summed E-state index contributed by atoms with van der Waals surface area (Å²) in [6.07, 6.45) is 15.7. The molecule has 13 nitrogen and oxygen atoms in total. The highest BCUT2D eigenvalue weighted by atomic mass is 16.3. The second kappa shape index (κ2) is 17.1. The maximum absolute atomic E-state index is 13.4. The molecule has 2 aliphatic carbocycles. The van der Waals surface area contributed by atoms with Crippen molar-refractivity contribution in [2.24, 2.45) is 16.7 Å². The highest BCUT2D eigenvalue weighted by Gasteiger charge is 2.43. The standard InChI is InChI=1S/C44H61N7O6/c1-29(6-9-39(54)48-28-53)51-40(55)34-8-7-33(23-35(34)41(51)56)50-20-16-44(17-21-50)14-10-31(11-15-44)42(2,3)26-49-18-12-32(13-19-49)46-25-30-22-38(47-27-52)36(24-37(30)45)43(4,5)57/h7-8,22-25,27-29,31-32,45-46,57H,6,9-21,26H2,1-5H3,(H,47,52)(H,48,53,54)/b30-25-,45-37?. The molecule has 1 spiro atoms. The van der Waals surface area contributed by atoms with Gasteiger partial charge in [-0.2, -0.15) is 0 Å². The largest absolute Gasteiger partial charge is 0.388 e. The van der Waals surface area contributed by atoms with Gasteiger partial charge in [-0.3, -0.25) is 34.2 Å². The molecule has 3 fully saturated rings. The average molecular weight is 784 g/mol. The number of allylic oxidation sites excluding steroid dienone is 3. The lowest BCUT2D eigenvalue weighted by Gasteiger charge is -2.50. The van der Waals surface area contributed by atoms with Gasteiger partial charge >= 0.3 is 0 Å². The van der Waals surface area contributed by atoms with Crippen LogP contribution in [-0.4, -0.2) is 102 Å². The van der Waals surface area contributed by atoms with Crippen LogP contribution < -0.4 is 20.9 Å². The van der Waals surface area contributed by atoms with Gasteiger partial charge in [-0.25, -0.2) is 0 Å². The van der Waals surface area contributed by atoms with Crippen molar-refractivity contribution in [3.05, 3.63) is 64.5 Å². The quantitative estimate of drug-likeness (QED) is 0.131. The monoisotopic (exact) mass is 783 g/mol. The van der Waals surface area contributed by atoms with Gasteiger partial charge in [0.25, 0.3) is 11.8 Å². The summed E-state index contributed by atoms with van der Waals surface area (Å²) in [7, 11) is 0. The molecule has 5 aliphatic rings. The summed E-state index contributed by atoms with van der Waals surface area (Å²) >= 11 is 0. The number of nitrogens with one attached hydrogen (secondary N) is 4. The number of rotatable bonds is 14. The fraction of sp³-hybridized carbons (Fsp3) is 0.591. The van der Waals surface area contributed by atoms with E-state index in [1.54, 1.807) is 39.0 Å². The number of aliphatic hydroxyl groups is 1. The Kier molecular flexibility index (Phi) is 12.6. The minimum atomic E-state index is -1.18. The Morgan fingerprint density at radius 2 is 1.61 bits per heavy atom. The Morgan fingerprint density at radius 1 is 0.947 bits per heavy atom. The first kappa shape index (κ1) is 42.0. The predicted octanol–water partition coefficient (Wildman–Crippen LogP) is 4.83. The molecule has 1 atom stereocenters. The van der Waals surface area contributed by atoms with Gasteiger partial charge in [0.15, 0.2) is 0 Å². The van der Waals surface area contributed by atoms with Crippen LogP contribution >= 0.6 is 0 Å². The van der Waals surface area contributed by atoms with E-state index in [2.05, 4.69) is 39.6 Å². The summed E-state index contributed by atoms with van der Waals surface area (Å²) in [5.74, 6) is -0.422. The number of carbonyl (C=O) groups is 5. The normalized spacial score (nSPS) is 22.3. The molecule has 13 heteroatoms. The molecule has 308 valence electrons. The van der Waals surface area contributed by atoms with Crippen molar-refractivity contribution < 1.29 is 29.1 Å². The van der Waals surface area contributed by atoms with Crippen molar-refractivity contribution in [1.82, 2.24) is 25.8 Å². The minimum Gasteiger partial charge on any atom is -0.388 e. The van der Waals surface area contributed by atoms with Crippen LogP contribution in [0, 0.1) is 22.2 Å². The van der Waals surface area contributed by atoms with E-state index in [9.17, 15) is 29.1 Å². The summed E-state index contributed by atoms with van der Waals surface area (Å²) in [5.41, 5.74) is 3.16. The molecular formula is C44H61N7O6. The number of amides is 5. The number of anilines is 1. The predicted molar refractivity (Wildman–Crippen MR) is 220 cm³/mol. The number of carbonyl (C=O) groups excluding carboxylic acids is 5. The van der Waals surface area contributed by atoms with Gasteiger partial charge in [0.1, 0.15) is 0 Å². The molecule has 0 bridgehead atoms. The van der Waals surface area contributed by atoms with Gasteiger partial charge in [-0.1, -0.05) is 13.8 Å². The molecule has 1 saturated carbocycles. The average Bonchev–Trinajstić information content (AvgIpc) is 3.42. The molecule has 5 N–H and O–H groups in total. The van der Waals surface area contributed by atoms with Crippen LogP contribution in [0.1, 0.15) is 120 Å². The second-order valence-electron chi connectivity index (χ2n) is 18.2. The highest BCUT2D eigenvalue weighted by molar-refractivity contribution is 6.22. The number of fused-ring (bicyclic) bond motifs is 1. The van der Waals surface area contributed by atoms with Gasteiger partial charge in [0.2, 0.25) is 18.7 Å². The number of hydrogen-bond donors (Lipinski definition) is 5. The van der Waals surface area contributed by atoms with Gasteiger partial charge in [0.05, 0.1) is 22.4 Å². The van der Waals surface area contributed by atoms with Crippen molar-refractivity contribution in [3.8, 4) is 0 Å². The van der Waals surface area contributed by atoms with E-state index in [4.69, 9.17) is 5.41 Å². The SMILES string of the molecule is CC(CCC(=O)NC=O)N1C(=O)c2ccc(N3CCC4(CCC(C(C)(C)CN5CCC(N/C=C6/C=C(NC=O)C(C(C)(C)O)=CC6=N)CC5)CC4)CC3)cc2C1=O. The van der Waals surface area contributed by atoms with Gasteiger partial charge < -0.3 is 30.9 Å². The van der Waals surface area contributed by atoms with Gasteiger partial charge in [-0.05, 0) is 126 Å². The van der Waals surface area contributed by atoms with Crippen LogP contribution in [0.4, 0.5) is 5.69 Å². The van der Waals surface area contributed by atoms with E-state index in [-0.39, 0.29) is 30.1 Å². The number of imide groups is 2. The van der Waals surface area contributed by atoms with E-state index in [0.717, 1.165) is 64.1 Å².